The number of nitrogens with one attached hydrogen (secondary N) is 2. The highest BCUT2D eigenvalue weighted by atomic mass is 16.7. The molecule has 2 aliphatic heterocycles. The first-order valence-corrected chi connectivity index (χ1v) is 19.2. The largest absolute Gasteiger partial charge is 0.507 e. The Kier molecular flexibility index (Phi) is 11.6. The highest BCUT2D eigenvalue weighted by molar-refractivity contribution is 6.31. The Morgan fingerprint density at radius 2 is 1.36 bits per heavy atom. The molecule has 0 spiro atoms. The average molecular weight is 855 g/mol. The molecular weight excluding hydrogens is 808 g/mol. The third-order valence-corrected chi connectivity index (χ3v) is 11.8. The summed E-state index contributed by atoms with van der Waals surface area (Å²) in [7, 11) is 2.80. The predicted molar refractivity (Wildman–Crippen MR) is 205 cm³/mol. The maximum atomic E-state index is 14.1. The molecule has 2 fully saturated rings. The number of phenols is 3. The molecule has 61 heavy (non-hydrogen) atoms. The number of aliphatic carboxylic acids is 1. The Morgan fingerprint density at radius 1 is 0.754 bits per heavy atom. The molecule has 4 aliphatic rings. The Hall–Kier alpha value is -5.26. The average Bonchev–Trinajstić information content (AvgIpc) is 3.20. The lowest BCUT2D eigenvalue weighted by Crippen LogP contribution is -2.66. The van der Waals surface area contributed by atoms with E-state index in [-0.39, 0.29) is 33.6 Å². The summed E-state index contributed by atoms with van der Waals surface area (Å²) in [6, 6.07) is 2.43. The van der Waals surface area contributed by atoms with E-state index in [2.05, 4.69) is 10.6 Å². The van der Waals surface area contributed by atoms with Gasteiger partial charge in [-0.15, -0.1) is 0 Å². The summed E-state index contributed by atoms with van der Waals surface area (Å²) in [5.74, 6) is -6.64. The number of hydrogen-bond donors (Lipinski definition) is 11. The summed E-state index contributed by atoms with van der Waals surface area (Å²) >= 11 is 0. The quantitative estimate of drug-likeness (QED) is 0.104. The van der Waals surface area contributed by atoms with Crippen molar-refractivity contribution >= 4 is 23.4 Å². The lowest BCUT2D eigenvalue weighted by Gasteiger charge is -2.48. The highest BCUT2D eigenvalue weighted by Gasteiger charge is 2.52. The second-order valence-electron chi connectivity index (χ2n) is 15.6. The number of ketones is 2. The number of fused-ring (bicyclic) bond motifs is 5. The second kappa shape index (κ2) is 16.2. The van der Waals surface area contributed by atoms with Crippen molar-refractivity contribution in [1.29, 1.82) is 0 Å². The van der Waals surface area contributed by atoms with Gasteiger partial charge < -0.3 is 80.3 Å². The van der Waals surface area contributed by atoms with Crippen LogP contribution in [0, 0.1) is 6.92 Å². The minimum atomic E-state index is -1.90. The van der Waals surface area contributed by atoms with E-state index < -0.39 is 148 Å². The maximum Gasteiger partial charge on any atom is 0.325 e. The van der Waals surface area contributed by atoms with Crippen LogP contribution in [0.5, 0.6) is 23.0 Å². The van der Waals surface area contributed by atoms with E-state index >= 15 is 0 Å². The van der Waals surface area contributed by atoms with Gasteiger partial charge in [0.05, 0.1) is 42.0 Å². The van der Waals surface area contributed by atoms with Crippen LogP contribution >= 0.6 is 0 Å². The van der Waals surface area contributed by atoms with E-state index in [0.717, 1.165) is 12.1 Å². The van der Waals surface area contributed by atoms with Crippen LogP contribution in [0.4, 0.5) is 0 Å². The molecule has 3 aromatic rings. The fourth-order valence-corrected chi connectivity index (χ4v) is 8.52. The maximum absolute atomic E-state index is 14.1. The van der Waals surface area contributed by atoms with E-state index in [1.54, 1.807) is 6.92 Å². The van der Waals surface area contributed by atoms with E-state index in [4.69, 9.17) is 23.7 Å². The van der Waals surface area contributed by atoms with Gasteiger partial charge >= 0.3 is 5.97 Å². The first-order chi connectivity index (χ1) is 28.7. The second-order valence-corrected chi connectivity index (χ2v) is 15.6. The number of aryl methyl sites for hydroxylation is 1. The summed E-state index contributed by atoms with van der Waals surface area (Å²) in [5, 5.41) is 105. The van der Waals surface area contributed by atoms with Gasteiger partial charge in [-0.2, -0.15) is 0 Å². The molecule has 13 atom stereocenters. The van der Waals surface area contributed by atoms with Crippen LogP contribution in [0.25, 0.3) is 11.1 Å². The van der Waals surface area contributed by atoms with Gasteiger partial charge in [-0.1, -0.05) is 6.07 Å². The number of phenolic OH excluding ortho intramolecular Hbond substituents is 3. The monoisotopic (exact) mass is 854 g/mol. The Bertz CT molecular complexity index is 2320. The number of amides is 1. The van der Waals surface area contributed by atoms with Crippen molar-refractivity contribution in [2.24, 2.45) is 0 Å². The number of likely N-dealkylation sites (N-methyl/N-ethyl adjacent to an activating group) is 1. The molecule has 0 unspecified atom stereocenters. The molecule has 2 aliphatic carbocycles. The van der Waals surface area contributed by atoms with Crippen molar-refractivity contribution in [2.75, 3.05) is 14.2 Å². The fraction of sp³-hybridized carbons (Fsp3) is 0.463. The highest BCUT2D eigenvalue weighted by Crippen LogP contribution is 2.57. The predicted octanol–water partition coefficient (Wildman–Crippen LogP) is -0.223. The van der Waals surface area contributed by atoms with Gasteiger partial charge in [-0.25, -0.2) is 0 Å². The minimum absolute atomic E-state index is 0.0157. The van der Waals surface area contributed by atoms with E-state index in [9.17, 15) is 65.1 Å². The molecule has 0 radical (unpaired) electrons. The van der Waals surface area contributed by atoms with E-state index in [1.807, 2.05) is 0 Å². The minimum Gasteiger partial charge on any atom is -0.507 e. The molecular formula is C41H46N2O18. The third kappa shape index (κ3) is 7.07. The SMILES string of the molecule is CN[C@@H]1[C@H](O[C@@H]2O[C@H](C)[C@@H](O)[C@H](O)[C@H]2O)[C@@H](O)[C@H](O[C@H]2c3cc(C)c(C(=O)N[C@H](C)C(=O)O)c(O)c3-c3c(cc4c(c3O)C(=O)c3cc(OC)cc(O)c3C4=O)[C@@H]2O)O[C@@H]1C. The first kappa shape index (κ1) is 43.8. The summed E-state index contributed by atoms with van der Waals surface area (Å²) in [4.78, 5) is 53.4. The first-order valence-electron chi connectivity index (χ1n) is 19.2. The number of aliphatic hydroxyl groups excluding tert-OH is 5. The summed E-state index contributed by atoms with van der Waals surface area (Å²) < 4.78 is 29.3. The Balaban J connectivity index is 1.36. The topological polar surface area (TPSA) is 321 Å². The Labute approximate surface area is 346 Å². The molecule has 328 valence electrons. The molecule has 20 heteroatoms. The molecule has 1 amide bonds. The van der Waals surface area contributed by atoms with Crippen molar-refractivity contribution in [3.8, 4) is 34.1 Å². The number of carbonyl (C=O) groups excluding carboxylic acids is 3. The van der Waals surface area contributed by atoms with Crippen LogP contribution in [0.2, 0.25) is 0 Å². The number of ether oxygens (including phenoxy) is 5. The van der Waals surface area contributed by atoms with E-state index in [0.29, 0.717) is 0 Å². The van der Waals surface area contributed by atoms with E-state index in [1.165, 1.54) is 47.1 Å². The van der Waals surface area contributed by atoms with Gasteiger partial charge in [0.2, 0.25) is 0 Å². The molecule has 3 aromatic carbocycles. The smallest absolute Gasteiger partial charge is 0.325 e. The molecule has 0 saturated carbocycles. The van der Waals surface area contributed by atoms with Gasteiger partial charge in [-0.05, 0) is 63.6 Å². The van der Waals surface area contributed by atoms with Gasteiger partial charge in [-0.3, -0.25) is 19.2 Å². The fourth-order valence-electron chi connectivity index (χ4n) is 8.52. The number of carboxylic acid groups (broad SMARTS) is 1. The van der Waals surface area contributed by atoms with Crippen molar-refractivity contribution in [1.82, 2.24) is 10.6 Å². The van der Waals surface area contributed by atoms with Gasteiger partial charge in [0.25, 0.3) is 5.91 Å². The lowest BCUT2D eigenvalue weighted by atomic mass is 9.74. The zero-order chi connectivity index (χ0) is 44.7. The van der Waals surface area contributed by atoms with Crippen LogP contribution in [0.3, 0.4) is 0 Å². The standard InChI is InChI=1S/C41H46N2O18/c1-11-7-19-24(31(49)21(11)38(54)43-12(2)39(55)56)23-17(10-18-25(32(23)50)29(47)16-8-15(57-6)9-20(44)22(16)28(18)46)30(48)36(19)60-41-35(53)37(26(42-5)13(3)58-41)61-40-34(52)33(51)27(45)14(4)59-40/h7-10,12-14,26-27,30,33-37,40-42,44-45,48-53H,1-6H3,(H,43,54)(H,55,56)/t12-,13-,14-,26+,27-,30+,33+,34-,35-,36+,37+,40+,41+/m1/s1. The van der Waals surface area contributed by atoms with Crippen molar-refractivity contribution in [3.05, 3.63) is 68.8 Å². The van der Waals surface area contributed by atoms with Crippen LogP contribution in [-0.2, 0) is 23.7 Å². The number of benzene rings is 3. The molecule has 11 N–H and O–H groups in total. The van der Waals surface area contributed by atoms with Crippen molar-refractivity contribution in [2.45, 2.75) is 107 Å². The normalized spacial score (nSPS) is 31.0. The molecule has 0 aromatic heterocycles. The molecule has 7 rings (SSSR count). The van der Waals surface area contributed by atoms with Gasteiger partial charge in [0.15, 0.2) is 24.1 Å². The number of methoxy groups -OCH3 is 1. The zero-order valence-electron chi connectivity index (χ0n) is 33.5. The summed E-state index contributed by atoms with van der Waals surface area (Å²) in [6.07, 6.45) is -16.7. The van der Waals surface area contributed by atoms with Crippen LogP contribution < -0.4 is 15.4 Å². The van der Waals surface area contributed by atoms with Crippen molar-refractivity contribution in [3.63, 3.8) is 0 Å². The van der Waals surface area contributed by atoms with Crippen LogP contribution in [0.15, 0.2) is 24.3 Å². The Morgan fingerprint density at radius 3 is 2.00 bits per heavy atom. The number of hydrogen-bond acceptors (Lipinski definition) is 18. The van der Waals surface area contributed by atoms with Gasteiger partial charge in [0.1, 0.15) is 71.8 Å². The summed E-state index contributed by atoms with van der Waals surface area (Å²) in [6.45, 7) is 5.61. The molecule has 20 nitrogen and oxygen atoms in total. The lowest BCUT2D eigenvalue weighted by molar-refractivity contribution is -0.348. The van der Waals surface area contributed by atoms with Crippen LogP contribution in [0.1, 0.15) is 91.9 Å². The number of rotatable bonds is 9. The number of carbonyl (C=O) groups is 4. The van der Waals surface area contributed by atoms with Crippen LogP contribution in [-0.4, -0.2) is 151 Å². The zero-order valence-corrected chi connectivity index (χ0v) is 33.5. The number of aliphatic hydroxyl groups is 5. The molecule has 0 bridgehead atoms. The van der Waals surface area contributed by atoms with Crippen molar-refractivity contribution < 1.29 is 88.8 Å². The third-order valence-electron chi connectivity index (χ3n) is 11.8. The number of aromatic hydroxyl groups is 3. The van der Waals surface area contributed by atoms with Gasteiger partial charge in [0, 0.05) is 28.3 Å². The number of carboxylic acids is 1. The molecule has 2 saturated heterocycles. The summed E-state index contributed by atoms with van der Waals surface area (Å²) in [5.41, 5.74) is -3.36. The molecule has 2 heterocycles.